The van der Waals surface area contributed by atoms with E-state index in [1.165, 1.54) is 17.4 Å². The van der Waals surface area contributed by atoms with E-state index < -0.39 is 10.0 Å². The van der Waals surface area contributed by atoms with E-state index in [2.05, 4.69) is 21.5 Å². The number of hydrogen-bond acceptors (Lipinski definition) is 5. The number of aromatic nitrogens is 1. The third-order valence-corrected chi connectivity index (χ3v) is 4.70. The van der Waals surface area contributed by atoms with Crippen LogP contribution in [-0.2, 0) is 10.0 Å². The summed E-state index contributed by atoms with van der Waals surface area (Å²) in [7, 11) is -3.71. The normalized spacial score (nSPS) is 10.7. The van der Waals surface area contributed by atoms with Crippen molar-refractivity contribution < 1.29 is 8.42 Å². The molecule has 0 saturated heterocycles. The molecule has 0 saturated carbocycles. The number of hydrogen-bond donors (Lipinski definition) is 2. The molecular weight excluding hydrogens is 294 g/mol. The maximum atomic E-state index is 12.4. The Morgan fingerprint density at radius 2 is 2.15 bits per heavy atom. The van der Waals surface area contributed by atoms with Gasteiger partial charge in [-0.05, 0) is 19.1 Å². The average molecular weight is 307 g/mol. The summed E-state index contributed by atoms with van der Waals surface area (Å²) in [6, 6.07) is 6.52. The Hall–Kier alpha value is -1.88. The first-order valence-corrected chi connectivity index (χ1v) is 8.06. The molecule has 2 aromatic rings. The fraction of sp³-hybridized carbons (Fsp3) is 0.154. The van der Waals surface area contributed by atoms with Crippen molar-refractivity contribution >= 4 is 26.5 Å². The van der Waals surface area contributed by atoms with Crippen LogP contribution in [0.2, 0.25) is 0 Å². The fourth-order valence-corrected chi connectivity index (χ4v) is 3.59. The van der Waals surface area contributed by atoms with E-state index in [-0.39, 0.29) is 11.4 Å². The second kappa shape index (κ2) is 6.05. The molecule has 1 aromatic heterocycles. The van der Waals surface area contributed by atoms with Crippen LogP contribution in [0.4, 0.5) is 5.13 Å². The van der Waals surface area contributed by atoms with Gasteiger partial charge in [-0.2, -0.15) is 0 Å². The van der Waals surface area contributed by atoms with Crippen LogP contribution in [0.15, 0.2) is 35.4 Å². The third-order valence-electron chi connectivity index (χ3n) is 2.34. The van der Waals surface area contributed by atoms with E-state index in [9.17, 15) is 8.42 Å². The highest BCUT2D eigenvalue weighted by Crippen LogP contribution is 2.22. The molecule has 0 radical (unpaired) electrons. The van der Waals surface area contributed by atoms with Crippen molar-refractivity contribution in [3.8, 4) is 11.8 Å². The minimum Gasteiger partial charge on any atom is -0.320 e. The van der Waals surface area contributed by atoms with E-state index in [0.29, 0.717) is 10.7 Å². The molecular formula is C13H13N3O2S2. The first-order valence-electron chi connectivity index (χ1n) is 5.76. The molecule has 104 valence electrons. The van der Waals surface area contributed by atoms with Gasteiger partial charge in [0.1, 0.15) is 4.90 Å². The summed E-state index contributed by atoms with van der Waals surface area (Å²) < 4.78 is 27.2. The van der Waals surface area contributed by atoms with Crippen molar-refractivity contribution in [3.63, 3.8) is 0 Å². The van der Waals surface area contributed by atoms with Crippen LogP contribution in [0, 0.1) is 18.8 Å². The quantitative estimate of drug-likeness (QED) is 0.843. The third kappa shape index (κ3) is 3.36. The number of nitrogens with one attached hydrogen (secondary N) is 1. The van der Waals surface area contributed by atoms with Gasteiger partial charge in [-0.25, -0.2) is 13.4 Å². The minimum absolute atomic E-state index is 0.119. The van der Waals surface area contributed by atoms with E-state index in [1.54, 1.807) is 24.4 Å². The number of aryl methyl sites for hydroxylation is 1. The monoisotopic (exact) mass is 307 g/mol. The minimum atomic E-state index is -3.71. The summed E-state index contributed by atoms with van der Waals surface area (Å²) in [5, 5.41) is 0.337. The largest absolute Gasteiger partial charge is 0.320 e. The molecule has 0 atom stereocenters. The number of rotatable bonds is 3. The zero-order valence-electron chi connectivity index (χ0n) is 10.8. The van der Waals surface area contributed by atoms with Crippen molar-refractivity contribution in [2.45, 2.75) is 11.8 Å². The molecule has 0 aliphatic carbocycles. The lowest BCUT2D eigenvalue weighted by Gasteiger charge is -2.07. The number of nitrogens with zero attached hydrogens (tertiary/aromatic N) is 1. The van der Waals surface area contributed by atoms with E-state index in [1.807, 2.05) is 6.92 Å². The lowest BCUT2D eigenvalue weighted by atomic mass is 10.2. The molecule has 2 rings (SSSR count). The molecule has 3 N–H and O–H groups in total. The highest BCUT2D eigenvalue weighted by Gasteiger charge is 2.18. The fourth-order valence-electron chi connectivity index (χ4n) is 1.52. The Kier molecular flexibility index (Phi) is 4.39. The van der Waals surface area contributed by atoms with E-state index in [4.69, 9.17) is 5.73 Å². The molecule has 0 spiro atoms. The second-order valence-electron chi connectivity index (χ2n) is 3.88. The van der Waals surface area contributed by atoms with Crippen LogP contribution in [0.1, 0.15) is 10.4 Å². The van der Waals surface area contributed by atoms with Gasteiger partial charge in [-0.3, -0.25) is 4.72 Å². The Bertz CT molecular complexity index is 770. The molecule has 0 fully saturated rings. The van der Waals surface area contributed by atoms with Crippen molar-refractivity contribution in [2.75, 3.05) is 11.3 Å². The van der Waals surface area contributed by atoms with Gasteiger partial charge >= 0.3 is 0 Å². The van der Waals surface area contributed by atoms with Crippen LogP contribution in [0.25, 0.3) is 0 Å². The summed E-state index contributed by atoms with van der Waals surface area (Å²) in [6.45, 7) is 2.03. The summed E-state index contributed by atoms with van der Waals surface area (Å²) in [5.74, 6) is 5.42. The average Bonchev–Trinajstić information content (AvgIpc) is 2.81. The molecule has 20 heavy (non-hydrogen) atoms. The van der Waals surface area contributed by atoms with Gasteiger partial charge < -0.3 is 5.73 Å². The van der Waals surface area contributed by atoms with Gasteiger partial charge in [-0.1, -0.05) is 24.0 Å². The first kappa shape index (κ1) is 14.5. The van der Waals surface area contributed by atoms with Crippen LogP contribution in [-0.4, -0.2) is 19.9 Å². The summed E-state index contributed by atoms with van der Waals surface area (Å²) in [6.07, 6.45) is 1.61. The Labute approximate surface area is 121 Å². The lowest BCUT2D eigenvalue weighted by Crippen LogP contribution is -2.14. The molecule has 7 heteroatoms. The Morgan fingerprint density at radius 1 is 1.40 bits per heavy atom. The van der Waals surface area contributed by atoms with Crippen LogP contribution in [0.5, 0.6) is 0 Å². The van der Waals surface area contributed by atoms with Crippen molar-refractivity contribution in [1.29, 1.82) is 0 Å². The topological polar surface area (TPSA) is 85.1 Å². The first-order chi connectivity index (χ1) is 9.53. The number of nitrogens with two attached hydrogens (primary N) is 1. The number of benzene rings is 1. The maximum Gasteiger partial charge on any atom is 0.264 e. The zero-order chi connectivity index (χ0) is 14.6. The summed E-state index contributed by atoms with van der Waals surface area (Å²) >= 11 is 1.28. The van der Waals surface area contributed by atoms with Crippen molar-refractivity contribution in [1.82, 2.24) is 4.98 Å². The molecule has 0 amide bonds. The zero-order valence-corrected chi connectivity index (χ0v) is 12.4. The molecule has 1 heterocycles. The highest BCUT2D eigenvalue weighted by molar-refractivity contribution is 7.93. The number of thiazole rings is 1. The van der Waals surface area contributed by atoms with Gasteiger partial charge in [-0.15, -0.1) is 11.3 Å². The number of anilines is 1. The van der Waals surface area contributed by atoms with Crippen LogP contribution >= 0.6 is 11.3 Å². The predicted molar refractivity (Wildman–Crippen MR) is 80.0 cm³/mol. The van der Waals surface area contributed by atoms with Crippen molar-refractivity contribution in [2.24, 2.45) is 5.73 Å². The molecule has 0 aliphatic rings. The molecule has 5 nitrogen and oxygen atoms in total. The van der Waals surface area contributed by atoms with Gasteiger partial charge in [0.2, 0.25) is 0 Å². The Morgan fingerprint density at radius 3 is 2.80 bits per heavy atom. The SMILES string of the molecule is Cc1cnc(NS(=O)(=O)c2ccccc2C#CCN)s1. The van der Waals surface area contributed by atoms with Crippen LogP contribution in [0.3, 0.4) is 0 Å². The maximum absolute atomic E-state index is 12.4. The summed E-state index contributed by atoms with van der Waals surface area (Å²) in [5.41, 5.74) is 5.73. The second-order valence-corrected chi connectivity index (χ2v) is 6.77. The van der Waals surface area contributed by atoms with E-state index in [0.717, 1.165) is 4.88 Å². The molecule has 0 bridgehead atoms. The smallest absolute Gasteiger partial charge is 0.264 e. The lowest BCUT2D eigenvalue weighted by molar-refractivity contribution is 0.601. The summed E-state index contributed by atoms with van der Waals surface area (Å²) in [4.78, 5) is 5.04. The highest BCUT2D eigenvalue weighted by atomic mass is 32.2. The van der Waals surface area contributed by atoms with Gasteiger partial charge in [0.15, 0.2) is 5.13 Å². The molecule has 0 unspecified atom stereocenters. The molecule has 1 aromatic carbocycles. The van der Waals surface area contributed by atoms with Gasteiger partial charge in [0, 0.05) is 16.6 Å². The number of sulfonamides is 1. The molecule has 0 aliphatic heterocycles. The van der Waals surface area contributed by atoms with Gasteiger partial charge in [0.05, 0.1) is 6.54 Å². The standard InChI is InChI=1S/C13H13N3O2S2/c1-10-9-15-13(19-10)16-20(17,18)12-7-3-2-5-11(12)6-4-8-14/h2-3,5,7,9H,8,14H2,1H3,(H,15,16). The van der Waals surface area contributed by atoms with Crippen molar-refractivity contribution in [3.05, 3.63) is 40.9 Å². The predicted octanol–water partition coefficient (Wildman–Crippen LogP) is 1.56. The Balaban J connectivity index is 2.39. The van der Waals surface area contributed by atoms with Crippen LogP contribution < -0.4 is 10.5 Å². The van der Waals surface area contributed by atoms with E-state index >= 15 is 0 Å². The van der Waals surface area contributed by atoms with Gasteiger partial charge in [0.25, 0.3) is 10.0 Å².